The van der Waals surface area contributed by atoms with Gasteiger partial charge in [0.2, 0.25) is 10.0 Å². The van der Waals surface area contributed by atoms with Crippen LogP contribution < -0.4 is 9.46 Å². The maximum Gasteiger partial charge on any atom is 0.253 e. The van der Waals surface area contributed by atoms with Crippen LogP contribution in [0.1, 0.15) is 37.0 Å². The highest BCUT2D eigenvalue weighted by Crippen LogP contribution is 2.20. The Bertz CT molecular complexity index is 869. The summed E-state index contributed by atoms with van der Waals surface area (Å²) < 4.78 is 33.4. The Morgan fingerprint density at radius 1 is 1.21 bits per heavy atom. The molecule has 2 aromatic rings. The number of hydrogen-bond acceptors (Lipinski definition) is 5. The van der Waals surface area contributed by atoms with Crippen molar-refractivity contribution < 1.29 is 17.9 Å². The predicted molar refractivity (Wildman–Crippen MR) is 110 cm³/mol. The zero-order valence-corrected chi connectivity index (χ0v) is 17.8. The minimum absolute atomic E-state index is 0.0324. The SMILES string of the molecule is CC(C)COc1ccc(C(=O)N2CCC(NS(=O)(=O)c3cccs3)CC2)cc1. The number of thiophene rings is 1. The fourth-order valence-corrected chi connectivity index (χ4v) is 5.35. The summed E-state index contributed by atoms with van der Waals surface area (Å²) in [7, 11) is -3.47. The number of ether oxygens (including phenoxy) is 1. The van der Waals surface area contributed by atoms with Crippen LogP contribution in [0, 0.1) is 5.92 Å². The second kappa shape index (κ2) is 9.07. The number of piperidine rings is 1. The van der Waals surface area contributed by atoms with E-state index in [1.54, 1.807) is 34.5 Å². The lowest BCUT2D eigenvalue weighted by Gasteiger charge is -2.32. The molecule has 0 aliphatic carbocycles. The van der Waals surface area contributed by atoms with Crippen LogP contribution in [0.5, 0.6) is 5.75 Å². The van der Waals surface area contributed by atoms with Crippen molar-refractivity contribution in [3.63, 3.8) is 0 Å². The van der Waals surface area contributed by atoms with Crippen molar-refractivity contribution in [3.05, 3.63) is 47.3 Å². The largest absolute Gasteiger partial charge is 0.493 e. The van der Waals surface area contributed by atoms with Gasteiger partial charge in [0, 0.05) is 24.7 Å². The summed E-state index contributed by atoms with van der Waals surface area (Å²) in [6, 6.07) is 10.4. The number of sulfonamides is 1. The Labute approximate surface area is 170 Å². The molecule has 1 N–H and O–H groups in total. The molecule has 0 radical (unpaired) electrons. The molecule has 6 nitrogen and oxygen atoms in total. The molecule has 3 rings (SSSR count). The van der Waals surface area contributed by atoms with Gasteiger partial charge in [-0.2, -0.15) is 0 Å². The van der Waals surface area contributed by atoms with Gasteiger partial charge in [-0.1, -0.05) is 19.9 Å². The standard InChI is InChI=1S/C20H26N2O4S2/c1-15(2)14-26-18-7-5-16(6-8-18)20(23)22-11-9-17(10-12-22)21-28(24,25)19-4-3-13-27-19/h3-8,13,15,17,21H,9-12,14H2,1-2H3. The van der Waals surface area contributed by atoms with Gasteiger partial charge in [-0.15, -0.1) is 11.3 Å². The van der Waals surface area contributed by atoms with E-state index >= 15 is 0 Å². The molecule has 1 aliphatic rings. The summed E-state index contributed by atoms with van der Waals surface area (Å²) in [5.41, 5.74) is 0.620. The average Bonchev–Trinajstić information content (AvgIpc) is 3.22. The molecule has 1 aromatic heterocycles. The maximum absolute atomic E-state index is 12.7. The van der Waals surface area contributed by atoms with Gasteiger partial charge in [0.15, 0.2) is 0 Å². The number of nitrogens with one attached hydrogen (secondary N) is 1. The Balaban J connectivity index is 1.52. The molecule has 28 heavy (non-hydrogen) atoms. The molecule has 1 aliphatic heterocycles. The Kier molecular flexibility index (Phi) is 6.74. The molecule has 1 saturated heterocycles. The fourth-order valence-electron chi connectivity index (χ4n) is 3.03. The second-order valence-corrected chi connectivity index (χ2v) is 10.2. The van der Waals surface area contributed by atoms with E-state index in [1.165, 1.54) is 11.3 Å². The first kappa shape index (κ1) is 20.8. The number of carbonyl (C=O) groups is 1. The number of likely N-dealkylation sites (tertiary alicyclic amines) is 1. The van der Waals surface area contributed by atoms with E-state index in [1.807, 2.05) is 12.1 Å². The fraction of sp³-hybridized carbons (Fsp3) is 0.450. The normalized spacial score (nSPS) is 15.8. The summed E-state index contributed by atoms with van der Waals surface area (Å²) in [5, 5.41) is 1.75. The van der Waals surface area contributed by atoms with E-state index in [9.17, 15) is 13.2 Å². The van der Waals surface area contributed by atoms with Crippen molar-refractivity contribution in [3.8, 4) is 5.75 Å². The smallest absolute Gasteiger partial charge is 0.253 e. The number of rotatable bonds is 7. The van der Waals surface area contributed by atoms with E-state index in [4.69, 9.17) is 4.74 Å². The zero-order valence-electron chi connectivity index (χ0n) is 16.1. The first-order valence-electron chi connectivity index (χ1n) is 9.43. The molecule has 152 valence electrons. The van der Waals surface area contributed by atoms with Gasteiger partial charge in [-0.25, -0.2) is 13.1 Å². The van der Waals surface area contributed by atoms with Crippen molar-refractivity contribution in [1.82, 2.24) is 9.62 Å². The highest BCUT2D eigenvalue weighted by atomic mass is 32.2. The van der Waals surface area contributed by atoms with Crippen LogP contribution in [-0.4, -0.2) is 45.0 Å². The molecule has 8 heteroatoms. The Morgan fingerprint density at radius 3 is 2.46 bits per heavy atom. The third kappa shape index (κ3) is 5.33. The van der Waals surface area contributed by atoms with Crippen LogP contribution in [-0.2, 0) is 10.0 Å². The molecular weight excluding hydrogens is 396 g/mol. The third-order valence-electron chi connectivity index (χ3n) is 4.55. The van der Waals surface area contributed by atoms with Crippen LogP contribution in [0.25, 0.3) is 0 Å². The molecule has 0 bridgehead atoms. The molecule has 1 fully saturated rings. The summed E-state index contributed by atoms with van der Waals surface area (Å²) in [6.45, 7) is 5.87. The van der Waals surface area contributed by atoms with E-state index in [0.29, 0.717) is 48.2 Å². The summed E-state index contributed by atoms with van der Waals surface area (Å²) in [4.78, 5) is 14.5. The molecule has 2 heterocycles. The van der Waals surface area contributed by atoms with Crippen LogP contribution in [0.2, 0.25) is 0 Å². The Morgan fingerprint density at radius 2 is 1.89 bits per heavy atom. The molecule has 0 atom stereocenters. The van der Waals surface area contributed by atoms with Gasteiger partial charge >= 0.3 is 0 Å². The van der Waals surface area contributed by atoms with Crippen molar-refractivity contribution >= 4 is 27.3 Å². The minimum Gasteiger partial charge on any atom is -0.493 e. The summed E-state index contributed by atoms with van der Waals surface area (Å²) in [5.74, 6) is 1.17. The lowest BCUT2D eigenvalue weighted by molar-refractivity contribution is 0.0711. The third-order valence-corrected chi connectivity index (χ3v) is 7.47. The lowest BCUT2D eigenvalue weighted by Crippen LogP contribution is -2.46. The van der Waals surface area contributed by atoms with Gasteiger partial charge in [-0.05, 0) is 54.5 Å². The van der Waals surface area contributed by atoms with Gasteiger partial charge in [0.1, 0.15) is 9.96 Å². The molecule has 0 unspecified atom stereocenters. The predicted octanol–water partition coefficient (Wildman–Crippen LogP) is 3.37. The van der Waals surface area contributed by atoms with E-state index in [2.05, 4.69) is 18.6 Å². The number of amides is 1. The van der Waals surface area contributed by atoms with Crippen molar-refractivity contribution in [2.75, 3.05) is 19.7 Å². The summed E-state index contributed by atoms with van der Waals surface area (Å²) in [6.07, 6.45) is 1.21. The van der Waals surface area contributed by atoms with Crippen LogP contribution in [0.3, 0.4) is 0 Å². The molecule has 1 amide bonds. The second-order valence-electron chi connectivity index (χ2n) is 7.35. The molecule has 0 spiro atoms. The first-order chi connectivity index (χ1) is 13.3. The van der Waals surface area contributed by atoms with Gasteiger partial charge in [0.05, 0.1) is 6.61 Å². The number of carbonyl (C=O) groups excluding carboxylic acids is 1. The van der Waals surface area contributed by atoms with Crippen molar-refractivity contribution in [1.29, 1.82) is 0 Å². The zero-order chi connectivity index (χ0) is 20.1. The van der Waals surface area contributed by atoms with Gasteiger partial charge in [-0.3, -0.25) is 4.79 Å². The summed E-state index contributed by atoms with van der Waals surface area (Å²) >= 11 is 1.20. The minimum atomic E-state index is -3.47. The topological polar surface area (TPSA) is 75.7 Å². The Hall–Kier alpha value is -1.90. The maximum atomic E-state index is 12.7. The highest BCUT2D eigenvalue weighted by Gasteiger charge is 2.27. The van der Waals surface area contributed by atoms with E-state index < -0.39 is 10.0 Å². The molecule has 0 saturated carbocycles. The van der Waals surface area contributed by atoms with E-state index in [0.717, 1.165) is 5.75 Å². The quantitative estimate of drug-likeness (QED) is 0.742. The number of hydrogen-bond donors (Lipinski definition) is 1. The number of benzene rings is 1. The average molecular weight is 423 g/mol. The van der Waals surface area contributed by atoms with Gasteiger partial charge in [0.25, 0.3) is 5.91 Å². The number of nitrogens with zero attached hydrogens (tertiary/aromatic N) is 1. The molecule has 1 aromatic carbocycles. The lowest BCUT2D eigenvalue weighted by atomic mass is 10.0. The molecular formula is C20H26N2O4S2. The highest BCUT2D eigenvalue weighted by molar-refractivity contribution is 7.91. The van der Waals surface area contributed by atoms with Crippen molar-refractivity contribution in [2.45, 2.75) is 36.9 Å². The van der Waals surface area contributed by atoms with Crippen LogP contribution in [0.4, 0.5) is 0 Å². The van der Waals surface area contributed by atoms with E-state index in [-0.39, 0.29) is 11.9 Å². The van der Waals surface area contributed by atoms with Gasteiger partial charge < -0.3 is 9.64 Å². The first-order valence-corrected chi connectivity index (χ1v) is 11.8. The monoisotopic (exact) mass is 422 g/mol. The van der Waals surface area contributed by atoms with Crippen LogP contribution >= 0.6 is 11.3 Å². The van der Waals surface area contributed by atoms with Crippen molar-refractivity contribution in [2.24, 2.45) is 5.92 Å². The van der Waals surface area contributed by atoms with Crippen LogP contribution in [0.15, 0.2) is 46.0 Å².